The predicted molar refractivity (Wildman–Crippen MR) is 183 cm³/mol. The monoisotopic (exact) mass is 629 g/mol. The van der Waals surface area contributed by atoms with Gasteiger partial charge in [0.1, 0.15) is 18.1 Å². The summed E-state index contributed by atoms with van der Waals surface area (Å²) in [5, 5.41) is 0. The number of hydrogen-bond donors (Lipinski definition) is 1. The minimum absolute atomic E-state index is 0.266. The Labute approximate surface area is 274 Å². The van der Waals surface area contributed by atoms with Gasteiger partial charge in [-0.2, -0.15) is 0 Å². The number of aromatic amines is 1. The van der Waals surface area contributed by atoms with Gasteiger partial charge in [0.2, 0.25) is 0 Å². The number of hydrogen-bond acceptors (Lipinski definition) is 6. The number of rotatable bonds is 13. The topological polar surface area (TPSA) is 85.8 Å². The summed E-state index contributed by atoms with van der Waals surface area (Å²) in [7, 11) is 1.65. The molecule has 4 aromatic carbocycles. The van der Waals surface area contributed by atoms with E-state index in [-0.39, 0.29) is 12.0 Å². The van der Waals surface area contributed by atoms with Gasteiger partial charge in [-0.25, -0.2) is 4.79 Å². The minimum Gasteiger partial charge on any atom is -0.497 e. The normalized spacial score (nSPS) is 17.2. The van der Waals surface area contributed by atoms with Gasteiger partial charge in [0.25, 0.3) is 5.56 Å². The molecule has 5 aromatic rings. The maximum absolute atomic E-state index is 13.5. The number of H-pyrrole nitrogens is 1. The average Bonchev–Trinajstić information content (AvgIpc) is 3.46. The molecular weight excluding hydrogens is 590 g/mol. The van der Waals surface area contributed by atoms with Gasteiger partial charge in [0.05, 0.1) is 38.3 Å². The van der Waals surface area contributed by atoms with Crippen molar-refractivity contribution in [2.24, 2.45) is 5.92 Å². The van der Waals surface area contributed by atoms with Gasteiger partial charge in [-0.3, -0.25) is 14.3 Å². The van der Waals surface area contributed by atoms with E-state index in [4.69, 9.17) is 14.2 Å². The Bertz CT molecular complexity index is 1890. The molecule has 0 bridgehead atoms. The maximum atomic E-state index is 13.5. The number of nitrogens with zero attached hydrogens (tertiary/aromatic N) is 2. The molecule has 1 aliphatic carbocycles. The third kappa shape index (κ3) is 7.56. The lowest BCUT2D eigenvalue weighted by atomic mass is 9.96. The Morgan fingerprint density at radius 1 is 0.766 bits per heavy atom. The Hall–Kier alpha value is -5.34. The van der Waals surface area contributed by atoms with E-state index < -0.39 is 17.3 Å². The molecule has 1 N–H and O–H groups in total. The zero-order valence-electron chi connectivity index (χ0n) is 26.6. The van der Waals surface area contributed by atoms with Crippen LogP contribution in [0, 0.1) is 12.8 Å². The van der Waals surface area contributed by atoms with E-state index in [1.165, 1.54) is 0 Å². The number of aromatic nitrogens is 2. The van der Waals surface area contributed by atoms with Crippen molar-refractivity contribution in [2.45, 2.75) is 38.8 Å². The van der Waals surface area contributed by atoms with E-state index in [0.717, 1.165) is 33.9 Å². The van der Waals surface area contributed by atoms with Crippen LogP contribution in [-0.2, 0) is 29.2 Å². The predicted octanol–water partition coefficient (Wildman–Crippen LogP) is 6.42. The van der Waals surface area contributed by atoms with Crippen molar-refractivity contribution in [1.29, 1.82) is 0 Å². The second-order valence-electron chi connectivity index (χ2n) is 11.7. The second kappa shape index (κ2) is 14.8. The Kier molecular flexibility index (Phi) is 9.98. The summed E-state index contributed by atoms with van der Waals surface area (Å²) in [6.45, 7) is 3.40. The molecule has 1 aromatic heterocycles. The maximum Gasteiger partial charge on any atom is 0.328 e. The molecule has 240 valence electrons. The van der Waals surface area contributed by atoms with Crippen molar-refractivity contribution < 1.29 is 14.2 Å². The summed E-state index contributed by atoms with van der Waals surface area (Å²) in [4.78, 5) is 30.8. The highest BCUT2D eigenvalue weighted by Gasteiger charge is 2.44. The lowest BCUT2D eigenvalue weighted by molar-refractivity contribution is 0.0604. The first-order chi connectivity index (χ1) is 23.0. The molecule has 0 spiro atoms. The van der Waals surface area contributed by atoms with Gasteiger partial charge in [-0.05, 0) is 54.0 Å². The van der Waals surface area contributed by atoms with Crippen LogP contribution >= 0.6 is 0 Å². The number of methoxy groups -OCH3 is 1. The first-order valence-electron chi connectivity index (χ1n) is 15.8. The zero-order valence-corrected chi connectivity index (χ0v) is 26.6. The Morgan fingerprint density at radius 2 is 1.36 bits per heavy atom. The molecule has 6 rings (SSSR count). The molecular formula is C39H39N3O5. The van der Waals surface area contributed by atoms with E-state index in [2.05, 4.69) is 22.0 Å². The molecule has 1 heterocycles. The molecule has 47 heavy (non-hydrogen) atoms. The molecule has 0 saturated heterocycles. The van der Waals surface area contributed by atoms with Crippen molar-refractivity contribution in [3.8, 4) is 5.75 Å². The number of benzene rings is 4. The van der Waals surface area contributed by atoms with Gasteiger partial charge >= 0.3 is 5.69 Å². The summed E-state index contributed by atoms with van der Waals surface area (Å²) in [5.41, 5.74) is 3.73. The standard InChI is InChI=1S/C39H39N3O5/c1-28-23-42(39(44)40-38(28)43)35-22-36(47-26-31-16-10-5-11-17-31)34(27-46-25-30-14-8-4-9-15-30)37(35)41(24-29-12-6-3-7-13-29)32-18-20-33(45-2)21-19-32/h3-23,34-35,37H,24-27H2,1-2H3,(H,40,43,44)/t34-,35+,37+/m0/s1. The molecule has 0 fully saturated rings. The lowest BCUT2D eigenvalue weighted by Crippen LogP contribution is -2.47. The van der Waals surface area contributed by atoms with Crippen molar-refractivity contribution in [3.05, 3.63) is 176 Å². The Balaban J connectivity index is 1.46. The van der Waals surface area contributed by atoms with Crippen molar-refractivity contribution >= 4 is 5.69 Å². The van der Waals surface area contributed by atoms with E-state index >= 15 is 0 Å². The fraction of sp³-hybridized carbons (Fsp3) is 0.231. The molecule has 0 unspecified atom stereocenters. The lowest BCUT2D eigenvalue weighted by Gasteiger charge is -2.39. The number of anilines is 1. The van der Waals surface area contributed by atoms with Crippen LogP contribution in [0.2, 0.25) is 0 Å². The fourth-order valence-electron chi connectivity index (χ4n) is 6.13. The van der Waals surface area contributed by atoms with Gasteiger partial charge in [0.15, 0.2) is 0 Å². The molecule has 0 amide bonds. The van der Waals surface area contributed by atoms with Crippen LogP contribution in [0.25, 0.3) is 0 Å². The first-order valence-corrected chi connectivity index (χ1v) is 15.8. The molecule has 0 aliphatic heterocycles. The highest BCUT2D eigenvalue weighted by molar-refractivity contribution is 5.52. The highest BCUT2D eigenvalue weighted by atomic mass is 16.5. The van der Waals surface area contributed by atoms with Crippen LogP contribution in [0.3, 0.4) is 0 Å². The number of aryl methyl sites for hydroxylation is 1. The van der Waals surface area contributed by atoms with Crippen LogP contribution in [0.4, 0.5) is 5.69 Å². The average molecular weight is 630 g/mol. The van der Waals surface area contributed by atoms with Crippen LogP contribution in [-0.4, -0.2) is 29.3 Å². The van der Waals surface area contributed by atoms with Crippen molar-refractivity contribution in [3.63, 3.8) is 0 Å². The summed E-state index contributed by atoms with van der Waals surface area (Å²) >= 11 is 0. The molecule has 8 nitrogen and oxygen atoms in total. The summed E-state index contributed by atoms with van der Waals surface area (Å²) < 4.78 is 20.1. The van der Waals surface area contributed by atoms with Crippen molar-refractivity contribution in [1.82, 2.24) is 9.55 Å². The molecule has 3 atom stereocenters. The summed E-state index contributed by atoms with van der Waals surface area (Å²) in [6, 6.07) is 37.4. The van der Waals surface area contributed by atoms with Gasteiger partial charge in [0, 0.05) is 24.0 Å². The smallest absolute Gasteiger partial charge is 0.328 e. The number of nitrogens with one attached hydrogen (secondary N) is 1. The quantitative estimate of drug-likeness (QED) is 0.162. The van der Waals surface area contributed by atoms with Gasteiger partial charge in [-0.15, -0.1) is 0 Å². The zero-order chi connectivity index (χ0) is 32.6. The van der Waals surface area contributed by atoms with E-state index in [1.807, 2.05) is 109 Å². The minimum atomic E-state index is -0.486. The van der Waals surface area contributed by atoms with Crippen LogP contribution in [0.15, 0.2) is 143 Å². The third-order valence-corrected chi connectivity index (χ3v) is 8.55. The Morgan fingerprint density at radius 3 is 1.98 bits per heavy atom. The fourth-order valence-corrected chi connectivity index (χ4v) is 6.13. The molecule has 0 radical (unpaired) electrons. The first kappa shape index (κ1) is 31.6. The third-order valence-electron chi connectivity index (χ3n) is 8.55. The number of ether oxygens (including phenoxy) is 3. The summed E-state index contributed by atoms with van der Waals surface area (Å²) in [5.74, 6) is 1.22. The van der Waals surface area contributed by atoms with Gasteiger partial charge < -0.3 is 19.1 Å². The van der Waals surface area contributed by atoms with Crippen molar-refractivity contribution in [2.75, 3.05) is 18.6 Å². The highest BCUT2D eigenvalue weighted by Crippen LogP contribution is 2.41. The second-order valence-corrected chi connectivity index (χ2v) is 11.7. The molecule has 0 saturated carbocycles. The van der Waals surface area contributed by atoms with Crippen LogP contribution < -0.4 is 20.9 Å². The van der Waals surface area contributed by atoms with Gasteiger partial charge in [-0.1, -0.05) is 91.0 Å². The van der Waals surface area contributed by atoms with E-state index in [9.17, 15) is 9.59 Å². The van der Waals surface area contributed by atoms with Crippen LogP contribution in [0.1, 0.15) is 28.3 Å². The van der Waals surface area contributed by atoms with Crippen LogP contribution in [0.5, 0.6) is 5.75 Å². The van der Waals surface area contributed by atoms with E-state index in [1.54, 1.807) is 24.8 Å². The van der Waals surface area contributed by atoms with E-state index in [0.29, 0.717) is 31.9 Å². The molecule has 1 aliphatic rings. The SMILES string of the molecule is COc1ccc(N(Cc2ccccc2)[C@H]2[C@H](n3cc(C)c(=O)[nH]c3=O)C=C(OCc3ccccc3)[C@@H]2COCc2ccccc2)cc1. The molecule has 8 heteroatoms. The largest absolute Gasteiger partial charge is 0.497 e. The summed E-state index contributed by atoms with van der Waals surface area (Å²) in [6.07, 6.45) is 3.66.